The van der Waals surface area contributed by atoms with Crippen molar-refractivity contribution in [1.82, 2.24) is 16.0 Å². The number of rotatable bonds is 7. The minimum atomic E-state index is -0.845. The number of nitrogens with zero attached hydrogens (tertiary/aromatic N) is 1. The number of halogens is 2. The van der Waals surface area contributed by atoms with Crippen LogP contribution < -0.4 is 16.0 Å². The highest BCUT2D eigenvalue weighted by Gasteiger charge is 2.15. The molecule has 0 saturated carbocycles. The van der Waals surface area contributed by atoms with Crippen LogP contribution in [0.25, 0.3) is 0 Å². The van der Waals surface area contributed by atoms with Crippen LogP contribution in [0.1, 0.15) is 32.8 Å². The molecule has 1 rings (SSSR count). The van der Waals surface area contributed by atoms with E-state index in [0.29, 0.717) is 44.0 Å². The Labute approximate surface area is 153 Å². The molecule has 0 radical (unpaired) electrons. The molecule has 0 saturated heterocycles. The third-order valence-corrected chi connectivity index (χ3v) is 3.26. The van der Waals surface area contributed by atoms with Crippen molar-refractivity contribution in [2.24, 2.45) is 4.99 Å². The normalized spacial score (nSPS) is 11.8. The van der Waals surface area contributed by atoms with Crippen molar-refractivity contribution < 1.29 is 18.3 Å². The van der Waals surface area contributed by atoms with Gasteiger partial charge in [-0.2, -0.15) is 0 Å². The van der Waals surface area contributed by atoms with E-state index < -0.39 is 23.3 Å². The molecule has 1 aromatic rings. The van der Waals surface area contributed by atoms with Gasteiger partial charge in [-0.1, -0.05) is 12.1 Å². The Kier molecular flexibility index (Phi) is 8.81. The van der Waals surface area contributed by atoms with Gasteiger partial charge >= 0.3 is 6.09 Å². The first kappa shape index (κ1) is 21.7. The van der Waals surface area contributed by atoms with Crippen molar-refractivity contribution in [3.63, 3.8) is 0 Å². The first-order valence-corrected chi connectivity index (χ1v) is 8.57. The zero-order valence-electron chi connectivity index (χ0n) is 15.8. The molecule has 0 aromatic heterocycles. The molecule has 1 aromatic carbocycles. The maximum Gasteiger partial charge on any atom is 0.407 e. The van der Waals surface area contributed by atoms with E-state index >= 15 is 0 Å². The predicted octanol–water partition coefficient (Wildman–Crippen LogP) is 2.59. The van der Waals surface area contributed by atoms with Gasteiger partial charge in [0.15, 0.2) is 17.6 Å². The van der Waals surface area contributed by atoms with Gasteiger partial charge in [0.25, 0.3) is 0 Å². The van der Waals surface area contributed by atoms with Crippen LogP contribution in [0.5, 0.6) is 0 Å². The third-order valence-electron chi connectivity index (χ3n) is 3.26. The van der Waals surface area contributed by atoms with E-state index in [1.165, 1.54) is 6.07 Å². The molecule has 0 atom stereocenters. The number of ether oxygens (including phenoxy) is 1. The predicted molar refractivity (Wildman–Crippen MR) is 98.3 cm³/mol. The fourth-order valence-electron chi connectivity index (χ4n) is 2.08. The smallest absolute Gasteiger partial charge is 0.407 e. The molecule has 0 aliphatic carbocycles. The zero-order valence-corrected chi connectivity index (χ0v) is 15.8. The highest BCUT2D eigenvalue weighted by atomic mass is 19.2. The highest BCUT2D eigenvalue weighted by molar-refractivity contribution is 5.79. The van der Waals surface area contributed by atoms with E-state index in [4.69, 9.17) is 4.74 Å². The Morgan fingerprint density at radius 3 is 2.42 bits per heavy atom. The largest absolute Gasteiger partial charge is 0.444 e. The van der Waals surface area contributed by atoms with Crippen molar-refractivity contribution in [2.75, 3.05) is 26.7 Å². The van der Waals surface area contributed by atoms with E-state index in [1.807, 2.05) is 0 Å². The Morgan fingerprint density at radius 2 is 1.77 bits per heavy atom. The van der Waals surface area contributed by atoms with E-state index in [-0.39, 0.29) is 0 Å². The van der Waals surface area contributed by atoms with Crippen LogP contribution in [-0.2, 0) is 11.2 Å². The molecular weight excluding hydrogens is 342 g/mol. The molecule has 26 heavy (non-hydrogen) atoms. The molecule has 0 fully saturated rings. The van der Waals surface area contributed by atoms with Crippen LogP contribution in [0.15, 0.2) is 23.2 Å². The van der Waals surface area contributed by atoms with Gasteiger partial charge in [0, 0.05) is 26.7 Å². The molecule has 0 aliphatic rings. The van der Waals surface area contributed by atoms with Crippen LogP contribution in [0.4, 0.5) is 13.6 Å². The lowest BCUT2D eigenvalue weighted by Gasteiger charge is -2.19. The first-order valence-electron chi connectivity index (χ1n) is 8.57. The van der Waals surface area contributed by atoms with Crippen molar-refractivity contribution in [3.8, 4) is 0 Å². The summed E-state index contributed by atoms with van der Waals surface area (Å²) in [6.07, 6.45) is 0.570. The van der Waals surface area contributed by atoms with Gasteiger partial charge in [0.1, 0.15) is 5.60 Å². The summed E-state index contributed by atoms with van der Waals surface area (Å²) >= 11 is 0. The van der Waals surface area contributed by atoms with Gasteiger partial charge in [-0.3, -0.25) is 4.99 Å². The van der Waals surface area contributed by atoms with E-state index in [2.05, 4.69) is 20.9 Å². The fraction of sp³-hybridized carbons (Fsp3) is 0.556. The van der Waals surface area contributed by atoms with E-state index in [9.17, 15) is 13.6 Å². The Bertz CT molecular complexity index is 616. The Hall–Kier alpha value is -2.38. The minimum Gasteiger partial charge on any atom is -0.444 e. The Morgan fingerprint density at radius 1 is 1.12 bits per heavy atom. The number of nitrogens with one attached hydrogen (secondary N) is 3. The molecular formula is C18H28F2N4O2. The first-order chi connectivity index (χ1) is 12.2. The maximum atomic E-state index is 13.6. The Balaban J connectivity index is 2.21. The lowest BCUT2D eigenvalue weighted by molar-refractivity contribution is 0.0527. The van der Waals surface area contributed by atoms with Gasteiger partial charge in [-0.05, 0) is 45.2 Å². The molecule has 0 spiro atoms. The molecule has 0 unspecified atom stereocenters. The average molecular weight is 370 g/mol. The number of carbonyl (C=O) groups is 1. The second-order valence-electron chi connectivity index (χ2n) is 6.67. The second-order valence-corrected chi connectivity index (χ2v) is 6.67. The minimum absolute atomic E-state index is 0.314. The van der Waals surface area contributed by atoms with Crippen molar-refractivity contribution in [2.45, 2.75) is 39.2 Å². The fourth-order valence-corrected chi connectivity index (χ4v) is 2.08. The molecule has 6 nitrogen and oxygen atoms in total. The average Bonchev–Trinajstić information content (AvgIpc) is 2.55. The molecule has 1 amide bonds. The molecule has 0 bridgehead atoms. The summed E-state index contributed by atoms with van der Waals surface area (Å²) in [6, 6.07) is 4.13. The van der Waals surface area contributed by atoms with Crippen LogP contribution in [-0.4, -0.2) is 44.3 Å². The van der Waals surface area contributed by atoms with Gasteiger partial charge < -0.3 is 20.7 Å². The summed E-state index contributed by atoms with van der Waals surface area (Å²) in [5, 5.41) is 8.78. The summed E-state index contributed by atoms with van der Waals surface area (Å²) in [5.41, 5.74) is -0.204. The molecule has 3 N–H and O–H groups in total. The standard InChI is InChI=1S/C18H28F2N4O2/c1-18(2,3)26-17(25)24-11-6-10-22-16(21-4)23-12-9-13-7-5-8-14(19)15(13)20/h5,7-8H,6,9-12H2,1-4H3,(H,24,25)(H2,21,22,23). The lowest BCUT2D eigenvalue weighted by Crippen LogP contribution is -2.40. The molecule has 0 aliphatic heterocycles. The van der Waals surface area contributed by atoms with Crippen LogP contribution in [0, 0.1) is 11.6 Å². The zero-order chi connectivity index (χ0) is 19.6. The molecule has 146 valence electrons. The second kappa shape index (κ2) is 10.6. The van der Waals surface area contributed by atoms with Crippen LogP contribution >= 0.6 is 0 Å². The molecule has 0 heterocycles. The lowest BCUT2D eigenvalue weighted by atomic mass is 10.1. The summed E-state index contributed by atoms with van der Waals surface area (Å²) in [6.45, 7) is 6.88. The van der Waals surface area contributed by atoms with Gasteiger partial charge in [0.05, 0.1) is 0 Å². The number of hydrogen-bond donors (Lipinski definition) is 3. The molecule has 8 heteroatoms. The number of hydrogen-bond acceptors (Lipinski definition) is 3. The van der Waals surface area contributed by atoms with Gasteiger partial charge in [-0.15, -0.1) is 0 Å². The van der Waals surface area contributed by atoms with E-state index in [0.717, 1.165) is 6.07 Å². The van der Waals surface area contributed by atoms with Crippen molar-refractivity contribution >= 4 is 12.1 Å². The summed E-state index contributed by atoms with van der Waals surface area (Å²) in [7, 11) is 1.62. The number of amides is 1. The number of aliphatic imine (C=N–C) groups is 1. The summed E-state index contributed by atoms with van der Waals surface area (Å²) in [5.74, 6) is -1.10. The van der Waals surface area contributed by atoms with Crippen molar-refractivity contribution in [1.29, 1.82) is 0 Å². The monoisotopic (exact) mass is 370 g/mol. The number of carbonyl (C=O) groups excluding carboxylic acids is 1. The maximum absolute atomic E-state index is 13.6. The van der Waals surface area contributed by atoms with Crippen LogP contribution in [0.3, 0.4) is 0 Å². The quantitative estimate of drug-likeness (QED) is 0.392. The highest BCUT2D eigenvalue weighted by Crippen LogP contribution is 2.11. The van der Waals surface area contributed by atoms with E-state index in [1.54, 1.807) is 33.9 Å². The van der Waals surface area contributed by atoms with Gasteiger partial charge in [-0.25, -0.2) is 13.6 Å². The topological polar surface area (TPSA) is 74.8 Å². The van der Waals surface area contributed by atoms with Crippen molar-refractivity contribution in [3.05, 3.63) is 35.4 Å². The number of benzene rings is 1. The number of guanidine groups is 1. The van der Waals surface area contributed by atoms with Crippen LogP contribution in [0.2, 0.25) is 0 Å². The number of alkyl carbamates (subject to hydrolysis) is 1. The SMILES string of the molecule is CN=C(NCCCNC(=O)OC(C)(C)C)NCCc1cccc(F)c1F. The summed E-state index contributed by atoms with van der Waals surface area (Å²) in [4.78, 5) is 15.5. The third kappa shape index (κ3) is 8.64. The van der Waals surface area contributed by atoms with Gasteiger partial charge in [0.2, 0.25) is 0 Å². The summed E-state index contributed by atoms with van der Waals surface area (Å²) < 4.78 is 31.9.